The number of benzene rings is 1. The monoisotopic (exact) mass is 263 g/mol. The molecule has 0 spiro atoms. The smallest absolute Gasteiger partial charge is 0.306 e. The Hall–Kier alpha value is -1.55. The summed E-state index contributed by atoms with van der Waals surface area (Å²) in [5.41, 5.74) is 1.23. The lowest BCUT2D eigenvalue weighted by Gasteiger charge is -2.39. The molecule has 0 bridgehead atoms. The molecule has 104 valence electrons. The van der Waals surface area contributed by atoms with Gasteiger partial charge in [0.25, 0.3) is 0 Å². The van der Waals surface area contributed by atoms with Crippen molar-refractivity contribution in [1.82, 2.24) is 4.90 Å². The predicted octanol–water partition coefficient (Wildman–Crippen LogP) is 2.38. The Morgan fingerprint density at radius 2 is 2.00 bits per heavy atom. The Morgan fingerprint density at radius 1 is 1.37 bits per heavy atom. The third-order valence-electron chi connectivity index (χ3n) is 3.75. The molecule has 0 aromatic heterocycles. The van der Waals surface area contributed by atoms with E-state index in [-0.39, 0.29) is 5.92 Å². The summed E-state index contributed by atoms with van der Waals surface area (Å²) in [6, 6.07) is 8.48. The second-order valence-corrected chi connectivity index (χ2v) is 5.15. The number of hydrogen-bond donors (Lipinski definition) is 1. The van der Waals surface area contributed by atoms with E-state index in [1.54, 1.807) is 0 Å². The molecule has 1 aliphatic carbocycles. The first-order valence-corrected chi connectivity index (χ1v) is 6.75. The molecule has 0 saturated heterocycles. The number of aliphatic carboxylic acids is 1. The Balaban J connectivity index is 1.82. The van der Waals surface area contributed by atoms with Crippen LogP contribution < -0.4 is 4.74 Å². The Labute approximate surface area is 114 Å². The summed E-state index contributed by atoms with van der Waals surface area (Å²) in [5.74, 6) is 0.0852. The van der Waals surface area contributed by atoms with E-state index in [1.807, 2.05) is 19.1 Å². The molecule has 0 unspecified atom stereocenters. The molecule has 1 aromatic rings. The van der Waals surface area contributed by atoms with Crippen molar-refractivity contribution in [3.8, 4) is 5.75 Å². The highest BCUT2D eigenvalue weighted by Crippen LogP contribution is 2.32. The third kappa shape index (κ3) is 3.47. The van der Waals surface area contributed by atoms with Crippen molar-refractivity contribution >= 4 is 5.97 Å². The Morgan fingerprint density at radius 3 is 2.53 bits per heavy atom. The lowest BCUT2D eigenvalue weighted by molar-refractivity contribution is -0.146. The van der Waals surface area contributed by atoms with Crippen molar-refractivity contribution in [2.45, 2.75) is 32.4 Å². The summed E-state index contributed by atoms with van der Waals surface area (Å²) in [6.45, 7) is 3.50. The quantitative estimate of drug-likeness (QED) is 0.856. The normalized spacial score (nSPS) is 22.1. The van der Waals surface area contributed by atoms with E-state index in [0.717, 1.165) is 25.1 Å². The molecule has 0 heterocycles. The minimum atomic E-state index is -0.661. The van der Waals surface area contributed by atoms with Gasteiger partial charge >= 0.3 is 5.97 Å². The van der Waals surface area contributed by atoms with Gasteiger partial charge in [-0.25, -0.2) is 0 Å². The van der Waals surface area contributed by atoms with Crippen molar-refractivity contribution in [2.75, 3.05) is 13.7 Å². The van der Waals surface area contributed by atoms with Crippen LogP contribution in [0.4, 0.5) is 0 Å². The molecule has 0 atom stereocenters. The summed E-state index contributed by atoms with van der Waals surface area (Å²) in [4.78, 5) is 13.0. The average molecular weight is 263 g/mol. The van der Waals surface area contributed by atoms with Crippen LogP contribution in [0.2, 0.25) is 0 Å². The molecule has 0 amide bonds. The van der Waals surface area contributed by atoms with Gasteiger partial charge in [-0.2, -0.15) is 0 Å². The van der Waals surface area contributed by atoms with E-state index in [1.165, 1.54) is 5.56 Å². The van der Waals surface area contributed by atoms with Gasteiger partial charge < -0.3 is 9.84 Å². The van der Waals surface area contributed by atoms with Gasteiger partial charge in [0.05, 0.1) is 12.5 Å². The van der Waals surface area contributed by atoms with Gasteiger partial charge in [-0.1, -0.05) is 12.1 Å². The number of rotatable bonds is 6. The third-order valence-corrected chi connectivity index (χ3v) is 3.75. The van der Waals surface area contributed by atoms with Crippen LogP contribution in [-0.4, -0.2) is 35.7 Å². The van der Waals surface area contributed by atoms with Crippen molar-refractivity contribution in [2.24, 2.45) is 5.92 Å². The summed E-state index contributed by atoms with van der Waals surface area (Å²) >= 11 is 0. The predicted molar refractivity (Wildman–Crippen MR) is 73.2 cm³/mol. The fourth-order valence-corrected chi connectivity index (χ4v) is 2.42. The van der Waals surface area contributed by atoms with E-state index in [0.29, 0.717) is 12.6 Å². The van der Waals surface area contributed by atoms with Crippen LogP contribution in [0.1, 0.15) is 25.3 Å². The number of carbonyl (C=O) groups is 1. The molecule has 1 aliphatic rings. The molecule has 4 nitrogen and oxygen atoms in total. The van der Waals surface area contributed by atoms with Gasteiger partial charge in [0, 0.05) is 12.6 Å². The minimum Gasteiger partial charge on any atom is -0.494 e. The summed E-state index contributed by atoms with van der Waals surface area (Å²) in [5, 5.41) is 8.87. The minimum absolute atomic E-state index is 0.146. The highest BCUT2D eigenvalue weighted by Gasteiger charge is 2.36. The second-order valence-electron chi connectivity index (χ2n) is 5.15. The molecule has 0 aliphatic heterocycles. The van der Waals surface area contributed by atoms with Gasteiger partial charge in [-0.15, -0.1) is 0 Å². The topological polar surface area (TPSA) is 49.8 Å². The molecule has 1 fully saturated rings. The van der Waals surface area contributed by atoms with E-state index < -0.39 is 5.97 Å². The summed E-state index contributed by atoms with van der Waals surface area (Å²) < 4.78 is 5.41. The number of hydrogen-bond acceptors (Lipinski definition) is 3. The standard InChI is InChI=1S/C15H21NO3/c1-3-19-14-6-4-11(5-7-14)10-16(2)13-8-12(9-13)15(17)18/h4-7,12-13H,3,8-10H2,1-2H3,(H,17,18). The SMILES string of the molecule is CCOc1ccc(CN(C)C2CC(C(=O)O)C2)cc1. The number of nitrogens with zero attached hydrogens (tertiary/aromatic N) is 1. The molecule has 1 N–H and O–H groups in total. The van der Waals surface area contributed by atoms with Crippen LogP contribution in [0.15, 0.2) is 24.3 Å². The van der Waals surface area contributed by atoms with Crippen molar-refractivity contribution < 1.29 is 14.6 Å². The molecule has 19 heavy (non-hydrogen) atoms. The zero-order valence-electron chi connectivity index (χ0n) is 11.5. The average Bonchev–Trinajstić information content (AvgIpc) is 2.29. The van der Waals surface area contributed by atoms with Crippen LogP contribution in [0, 0.1) is 5.92 Å². The van der Waals surface area contributed by atoms with Crippen molar-refractivity contribution in [3.05, 3.63) is 29.8 Å². The van der Waals surface area contributed by atoms with Crippen LogP contribution >= 0.6 is 0 Å². The molecule has 1 saturated carbocycles. The fourth-order valence-electron chi connectivity index (χ4n) is 2.42. The molecular formula is C15H21NO3. The fraction of sp³-hybridized carbons (Fsp3) is 0.533. The maximum Gasteiger partial charge on any atom is 0.306 e. The largest absolute Gasteiger partial charge is 0.494 e. The highest BCUT2D eigenvalue weighted by molar-refractivity contribution is 5.71. The first kappa shape index (κ1) is 13.9. The molecule has 0 radical (unpaired) electrons. The number of carboxylic acid groups (broad SMARTS) is 1. The number of carboxylic acids is 1. The van der Waals surface area contributed by atoms with Crippen LogP contribution in [0.25, 0.3) is 0 Å². The van der Waals surface area contributed by atoms with E-state index in [4.69, 9.17) is 9.84 Å². The van der Waals surface area contributed by atoms with Crippen molar-refractivity contribution in [1.29, 1.82) is 0 Å². The zero-order chi connectivity index (χ0) is 13.8. The Bertz CT molecular complexity index is 424. The van der Waals surface area contributed by atoms with Gasteiger partial charge in [-0.3, -0.25) is 9.69 Å². The highest BCUT2D eigenvalue weighted by atomic mass is 16.5. The maximum atomic E-state index is 10.8. The first-order chi connectivity index (χ1) is 9.10. The van der Waals surface area contributed by atoms with Crippen LogP contribution in [0.5, 0.6) is 5.75 Å². The summed E-state index contributed by atoms with van der Waals surface area (Å²) in [7, 11) is 2.05. The Kier molecular flexibility index (Phi) is 4.43. The lowest BCUT2D eigenvalue weighted by Crippen LogP contribution is -2.44. The molecule has 1 aromatic carbocycles. The molecule has 2 rings (SSSR count). The van der Waals surface area contributed by atoms with E-state index >= 15 is 0 Å². The molecular weight excluding hydrogens is 242 g/mol. The van der Waals surface area contributed by atoms with E-state index in [2.05, 4.69) is 24.1 Å². The summed E-state index contributed by atoms with van der Waals surface area (Å²) in [6.07, 6.45) is 1.53. The number of ether oxygens (including phenoxy) is 1. The second kappa shape index (κ2) is 6.06. The van der Waals surface area contributed by atoms with Crippen molar-refractivity contribution in [3.63, 3.8) is 0 Å². The van der Waals surface area contributed by atoms with Crippen LogP contribution in [-0.2, 0) is 11.3 Å². The van der Waals surface area contributed by atoms with E-state index in [9.17, 15) is 4.79 Å². The zero-order valence-corrected chi connectivity index (χ0v) is 11.5. The first-order valence-electron chi connectivity index (χ1n) is 6.75. The van der Waals surface area contributed by atoms with Gasteiger partial charge in [0.2, 0.25) is 0 Å². The maximum absolute atomic E-state index is 10.8. The van der Waals surface area contributed by atoms with Gasteiger partial charge in [0.1, 0.15) is 5.75 Å². The van der Waals surface area contributed by atoms with Gasteiger partial charge in [0.15, 0.2) is 0 Å². The van der Waals surface area contributed by atoms with Crippen LogP contribution in [0.3, 0.4) is 0 Å². The van der Waals surface area contributed by atoms with Gasteiger partial charge in [-0.05, 0) is 44.5 Å². The molecule has 4 heteroatoms. The lowest BCUT2D eigenvalue weighted by atomic mass is 9.79.